The molecule has 12 nitrogen and oxygen atoms in total. The van der Waals surface area contributed by atoms with Crippen molar-refractivity contribution in [3.63, 3.8) is 0 Å². The number of nitrogens with zero attached hydrogens (tertiary/aromatic N) is 6. The minimum Gasteiger partial charge on any atom is -0.739 e. The predicted molar refractivity (Wildman–Crippen MR) is 114 cm³/mol. The Morgan fingerprint density at radius 2 is 0.645 bits per heavy atom. The van der Waals surface area contributed by atoms with Crippen LogP contribution >= 0.6 is 0 Å². The zero-order valence-electron chi connectivity index (χ0n) is 18.0. The van der Waals surface area contributed by atoms with E-state index in [4.69, 9.17) is 0 Å². The van der Waals surface area contributed by atoms with Gasteiger partial charge in [0.2, 0.25) is 0 Å². The summed E-state index contributed by atoms with van der Waals surface area (Å²) in [5, 5.41) is 39.7. The topological polar surface area (TPSA) is 167 Å². The van der Waals surface area contributed by atoms with E-state index >= 15 is 0 Å². The maximum Gasteiger partial charge on any atom is 3.00 e. The molecule has 0 bridgehead atoms. The van der Waals surface area contributed by atoms with E-state index in [1.54, 1.807) is 0 Å². The Morgan fingerprint density at radius 1 is 0.452 bits per heavy atom. The first kappa shape index (κ1) is 30.5. The van der Waals surface area contributed by atoms with Gasteiger partial charge < -0.3 is 31.1 Å². The van der Waals surface area contributed by atoms with Crippen molar-refractivity contribution >= 4 is 0 Å². The van der Waals surface area contributed by atoms with Crippen molar-refractivity contribution in [3.05, 3.63) is 30.3 Å². The van der Waals surface area contributed by atoms with Gasteiger partial charge in [-0.15, -0.1) is 14.7 Å². The Balaban J connectivity index is 0.000000429. The Morgan fingerprint density at radius 3 is 0.806 bits per heavy atom. The molecule has 0 saturated heterocycles. The standard InChI is InChI=1S/3C6H11N2O2.Ce/c3*9-7-8(10)6-4-2-1-3-5-6;/h3*6H,1-5H2;/q3*-1;+3. The molecule has 0 unspecified atom stereocenters. The van der Waals surface area contributed by atoms with Crippen molar-refractivity contribution in [2.24, 2.45) is 15.9 Å². The molecule has 1 radical (unpaired) electrons. The van der Waals surface area contributed by atoms with E-state index in [0.717, 1.165) is 77.0 Å². The molecule has 3 aliphatic rings. The van der Waals surface area contributed by atoms with Crippen LogP contribution in [0.2, 0.25) is 0 Å². The van der Waals surface area contributed by atoms with Gasteiger partial charge in [0, 0.05) is 34.0 Å². The first-order chi connectivity index (χ1) is 14.5. The SMILES string of the molecule is O=NN([O-])C1CCCCC1.O=NN([O-])C1CCCCC1.O=NN([O-])C1CCCCC1.[Ce+3]. The van der Waals surface area contributed by atoms with Crippen molar-refractivity contribution in [2.75, 3.05) is 0 Å². The Hall–Kier alpha value is -0.543. The molecule has 3 saturated carbocycles. The van der Waals surface area contributed by atoms with Gasteiger partial charge in [0.1, 0.15) is 0 Å². The van der Waals surface area contributed by atoms with Crippen molar-refractivity contribution in [1.29, 1.82) is 0 Å². The molecule has 175 valence electrons. The number of hydroxylamine groups is 3. The summed E-state index contributed by atoms with van der Waals surface area (Å²) in [7, 11) is 0. The van der Waals surface area contributed by atoms with Crippen molar-refractivity contribution in [2.45, 2.75) is 114 Å². The summed E-state index contributed by atoms with van der Waals surface area (Å²) >= 11 is 0. The van der Waals surface area contributed by atoms with Crippen LogP contribution in [-0.4, -0.2) is 33.6 Å². The second-order valence-electron chi connectivity index (χ2n) is 8.03. The molecule has 0 aliphatic heterocycles. The minimum absolute atomic E-state index is 0. The largest absolute Gasteiger partial charge is 3.00 e. The Labute approximate surface area is 216 Å². The Kier molecular flexibility index (Phi) is 18.6. The first-order valence-electron chi connectivity index (χ1n) is 10.9. The van der Waals surface area contributed by atoms with E-state index in [2.05, 4.69) is 15.9 Å². The molecule has 3 rings (SSSR count). The number of rotatable bonds is 6. The van der Waals surface area contributed by atoms with Gasteiger partial charge in [-0.05, 0) is 38.5 Å². The van der Waals surface area contributed by atoms with E-state index in [1.807, 2.05) is 0 Å². The van der Waals surface area contributed by atoms with Crippen LogP contribution in [0.5, 0.6) is 0 Å². The normalized spacial score (nSPS) is 19.8. The fourth-order valence-corrected chi connectivity index (χ4v) is 4.11. The number of hydrogen-bond donors (Lipinski definition) is 0. The van der Waals surface area contributed by atoms with Crippen LogP contribution in [0.25, 0.3) is 0 Å². The van der Waals surface area contributed by atoms with Crippen molar-refractivity contribution < 1.29 is 41.7 Å². The molecule has 3 aliphatic carbocycles. The fourth-order valence-electron chi connectivity index (χ4n) is 4.11. The smallest absolute Gasteiger partial charge is 0.739 e. The van der Waals surface area contributed by atoms with E-state index in [-0.39, 0.29) is 59.9 Å². The van der Waals surface area contributed by atoms with Crippen LogP contribution in [0.15, 0.2) is 15.9 Å². The maximum atomic E-state index is 10.6. The molecule has 0 heterocycles. The van der Waals surface area contributed by atoms with Gasteiger partial charge in [0.05, 0.1) is 0 Å². The summed E-state index contributed by atoms with van der Waals surface area (Å²) in [4.78, 5) is 29.3. The van der Waals surface area contributed by atoms with Gasteiger partial charge in [0.25, 0.3) is 0 Å². The van der Waals surface area contributed by atoms with E-state index < -0.39 is 0 Å². The molecular formula is C18H33CeN6O6. The van der Waals surface area contributed by atoms with Gasteiger partial charge in [-0.3, -0.25) is 0 Å². The second-order valence-corrected chi connectivity index (χ2v) is 8.03. The van der Waals surface area contributed by atoms with Crippen LogP contribution in [0.3, 0.4) is 0 Å². The molecule has 0 atom stereocenters. The van der Waals surface area contributed by atoms with E-state index in [1.165, 1.54) is 19.3 Å². The molecule has 0 aromatic rings. The van der Waals surface area contributed by atoms with Gasteiger partial charge in [-0.2, -0.15) is 0 Å². The molecule has 31 heavy (non-hydrogen) atoms. The summed E-state index contributed by atoms with van der Waals surface area (Å²) in [6.45, 7) is 0. The molecule has 3 fully saturated rings. The quantitative estimate of drug-likeness (QED) is 0.300. The fraction of sp³-hybridized carbons (Fsp3) is 1.00. The van der Waals surface area contributed by atoms with Crippen LogP contribution in [0, 0.1) is 72.1 Å². The van der Waals surface area contributed by atoms with Crippen LogP contribution < -0.4 is 0 Å². The number of nitroso groups, excluding NO2 is 3. The Bertz CT molecular complexity index is 410. The minimum atomic E-state index is -0.133. The molecule has 0 aromatic heterocycles. The van der Waals surface area contributed by atoms with Crippen LogP contribution in [0.4, 0.5) is 0 Å². The molecule has 0 N–H and O–H groups in total. The first-order valence-corrected chi connectivity index (χ1v) is 10.9. The maximum absolute atomic E-state index is 10.6. The van der Waals surface area contributed by atoms with Gasteiger partial charge in [0.15, 0.2) is 0 Å². The van der Waals surface area contributed by atoms with Crippen molar-refractivity contribution in [3.8, 4) is 0 Å². The average molecular weight is 570 g/mol. The zero-order chi connectivity index (χ0) is 22.2. The van der Waals surface area contributed by atoms with Gasteiger partial charge in [-0.25, -0.2) is 0 Å². The summed E-state index contributed by atoms with van der Waals surface area (Å²) < 4.78 is 0. The van der Waals surface area contributed by atoms with E-state index in [0.29, 0.717) is 15.5 Å². The van der Waals surface area contributed by atoms with Crippen LogP contribution in [0.1, 0.15) is 96.3 Å². The summed E-state index contributed by atoms with van der Waals surface area (Å²) in [5.41, 5.74) is 0. The molecule has 0 amide bonds. The number of hydrogen-bond acceptors (Lipinski definition) is 9. The third-order valence-electron chi connectivity index (χ3n) is 5.90. The average Bonchev–Trinajstić information content (AvgIpc) is 2.85. The van der Waals surface area contributed by atoms with E-state index in [9.17, 15) is 30.3 Å². The molecule has 13 heteroatoms. The zero-order valence-corrected chi connectivity index (χ0v) is 21.1. The van der Waals surface area contributed by atoms with Gasteiger partial charge >= 0.3 is 41.7 Å². The van der Waals surface area contributed by atoms with Crippen molar-refractivity contribution in [1.82, 2.24) is 15.5 Å². The predicted octanol–water partition coefficient (Wildman–Crippen LogP) is 5.40. The molecule has 0 aromatic carbocycles. The monoisotopic (exact) mass is 569 g/mol. The van der Waals surface area contributed by atoms with Crippen LogP contribution in [-0.2, 0) is 0 Å². The second kappa shape index (κ2) is 19.0. The summed E-state index contributed by atoms with van der Waals surface area (Å²) in [6, 6.07) is -0.399. The summed E-state index contributed by atoms with van der Waals surface area (Å²) in [5.74, 6) is 0. The molecular weight excluding hydrogens is 536 g/mol. The van der Waals surface area contributed by atoms with Gasteiger partial charge in [-0.1, -0.05) is 57.8 Å². The third kappa shape index (κ3) is 12.9. The third-order valence-corrected chi connectivity index (χ3v) is 5.90. The molecule has 0 spiro atoms. The summed E-state index contributed by atoms with van der Waals surface area (Å²) in [6.07, 6.45) is 14.8.